The number of amides is 1. The molecule has 0 spiro atoms. The van der Waals surface area contributed by atoms with Gasteiger partial charge >= 0.3 is 5.91 Å². The third-order valence-corrected chi connectivity index (χ3v) is 10.8. The summed E-state index contributed by atoms with van der Waals surface area (Å²) in [5.41, 5.74) is 12.0. The Labute approximate surface area is 351 Å². The number of benzene rings is 6. The van der Waals surface area contributed by atoms with E-state index >= 15 is 4.79 Å². The Balaban J connectivity index is 1.67. The molecule has 2 unspecified atom stereocenters. The Morgan fingerprint density at radius 1 is 0.610 bits per heavy atom. The molecular weight excluding hydrogens is 729 g/mol. The van der Waals surface area contributed by atoms with Gasteiger partial charge in [-0.15, -0.1) is 0 Å². The number of nitrogens with zero attached hydrogens (tertiary/aromatic N) is 4. The minimum atomic E-state index is -1.64. The van der Waals surface area contributed by atoms with E-state index in [9.17, 15) is 0 Å². The lowest BCUT2D eigenvalue weighted by Gasteiger charge is -2.60. The average molecular weight is 789 g/mol. The standard InChI is InChI=1S/C50H60N8O/c1-6-56(7-2)58(49(55(4)5,45-32-20-11-21-33-45)46-34-22-12-23-35-46)50(51-39-38-42-26-14-8-15-27-42,53-41(3)44-30-18-10-19-31-44)48(59)57(54-47-36-24-13-25-37-47)52-40-43-28-16-9-17-29-43/h8-37,41,51-54H,6-7,38-40H2,1-5H3. The highest BCUT2D eigenvalue weighted by Gasteiger charge is 2.60. The van der Waals surface area contributed by atoms with Gasteiger partial charge in [-0.25, -0.2) is 10.4 Å². The van der Waals surface area contributed by atoms with Crippen molar-refractivity contribution in [2.75, 3.05) is 39.2 Å². The number of carbonyl (C=O) groups is 1. The summed E-state index contributed by atoms with van der Waals surface area (Å²) in [4.78, 5) is 18.9. The Morgan fingerprint density at radius 2 is 1.07 bits per heavy atom. The molecule has 0 saturated carbocycles. The molecular formula is C50H60N8O. The first kappa shape index (κ1) is 42.9. The van der Waals surface area contributed by atoms with Crippen LogP contribution in [0.5, 0.6) is 0 Å². The summed E-state index contributed by atoms with van der Waals surface area (Å²) in [7, 11) is 4.20. The predicted molar refractivity (Wildman–Crippen MR) is 241 cm³/mol. The van der Waals surface area contributed by atoms with Gasteiger partial charge in [0, 0.05) is 32.2 Å². The second kappa shape index (κ2) is 20.9. The van der Waals surface area contributed by atoms with Crippen LogP contribution in [-0.4, -0.2) is 65.5 Å². The van der Waals surface area contributed by atoms with Crippen LogP contribution in [0.1, 0.15) is 54.6 Å². The van der Waals surface area contributed by atoms with E-state index in [1.54, 1.807) is 5.12 Å². The highest BCUT2D eigenvalue weighted by atomic mass is 16.2. The molecule has 0 fully saturated rings. The van der Waals surface area contributed by atoms with Gasteiger partial charge in [0.15, 0.2) is 0 Å². The number of rotatable bonds is 21. The van der Waals surface area contributed by atoms with Crippen LogP contribution in [0.3, 0.4) is 0 Å². The van der Waals surface area contributed by atoms with E-state index in [4.69, 9.17) is 0 Å². The summed E-state index contributed by atoms with van der Waals surface area (Å²) in [6.07, 6.45) is 0.679. The van der Waals surface area contributed by atoms with Crippen molar-refractivity contribution in [3.05, 3.63) is 210 Å². The zero-order valence-corrected chi connectivity index (χ0v) is 35.1. The number of hydrazine groups is 3. The summed E-state index contributed by atoms with van der Waals surface area (Å²) < 4.78 is 0. The molecule has 1 amide bonds. The number of hydrogen-bond donors (Lipinski definition) is 4. The molecule has 6 aromatic rings. The lowest BCUT2D eigenvalue weighted by Crippen LogP contribution is -2.84. The van der Waals surface area contributed by atoms with Crippen LogP contribution >= 0.6 is 0 Å². The van der Waals surface area contributed by atoms with Crippen LogP contribution in [0.15, 0.2) is 182 Å². The molecule has 0 heterocycles. The molecule has 0 aliphatic carbocycles. The van der Waals surface area contributed by atoms with Gasteiger partial charge in [-0.3, -0.25) is 25.8 Å². The fourth-order valence-corrected chi connectivity index (χ4v) is 7.94. The second-order valence-corrected chi connectivity index (χ2v) is 14.8. The summed E-state index contributed by atoms with van der Waals surface area (Å²) in [6.45, 7) is 8.50. The average Bonchev–Trinajstić information content (AvgIpc) is 3.29. The van der Waals surface area contributed by atoms with Crippen molar-refractivity contribution in [2.45, 2.75) is 51.2 Å². The monoisotopic (exact) mass is 788 g/mol. The van der Waals surface area contributed by atoms with Crippen LogP contribution < -0.4 is 21.5 Å². The first-order valence-corrected chi connectivity index (χ1v) is 20.7. The van der Waals surface area contributed by atoms with Gasteiger partial charge in [0.05, 0.1) is 5.69 Å². The normalized spacial score (nSPS) is 13.3. The van der Waals surface area contributed by atoms with E-state index in [1.807, 2.05) is 84.9 Å². The molecule has 4 N–H and O–H groups in total. The van der Waals surface area contributed by atoms with Gasteiger partial charge in [0.2, 0.25) is 5.79 Å². The molecule has 306 valence electrons. The van der Waals surface area contributed by atoms with Gasteiger partial charge in [-0.05, 0) is 67.4 Å². The number of carbonyl (C=O) groups excluding carboxylic acids is 1. The number of para-hydroxylation sites is 1. The number of anilines is 1. The van der Waals surface area contributed by atoms with Gasteiger partial charge in [-0.2, -0.15) is 10.1 Å². The highest BCUT2D eigenvalue weighted by molar-refractivity contribution is 5.86. The molecule has 0 aromatic heterocycles. The van der Waals surface area contributed by atoms with Crippen molar-refractivity contribution in [1.82, 2.24) is 36.1 Å². The van der Waals surface area contributed by atoms with Gasteiger partial charge in [0.25, 0.3) is 0 Å². The first-order chi connectivity index (χ1) is 28.8. The SMILES string of the molecule is CCN(CC)N(C(NCCc1ccccc1)(NC(C)c1ccccc1)C(=O)N(NCc1ccccc1)Nc1ccccc1)C(c1ccccc1)(c1ccccc1)N(C)C. The largest absolute Gasteiger partial charge is 0.308 e. The molecule has 0 saturated heterocycles. The Bertz CT molecular complexity index is 2060. The number of hydrogen-bond acceptors (Lipinski definition) is 8. The van der Waals surface area contributed by atoms with E-state index in [2.05, 4.69) is 168 Å². The fourth-order valence-electron chi connectivity index (χ4n) is 7.94. The Hall–Kier alpha value is -5.65. The van der Waals surface area contributed by atoms with Crippen LogP contribution in [0.25, 0.3) is 0 Å². The first-order valence-electron chi connectivity index (χ1n) is 20.7. The zero-order valence-electron chi connectivity index (χ0n) is 35.1. The van der Waals surface area contributed by atoms with E-state index in [0.29, 0.717) is 32.6 Å². The molecule has 2 atom stereocenters. The van der Waals surface area contributed by atoms with E-state index in [0.717, 1.165) is 27.9 Å². The lowest BCUT2D eigenvalue weighted by molar-refractivity contribution is -0.236. The molecule has 0 bridgehead atoms. The zero-order chi connectivity index (χ0) is 41.5. The van der Waals surface area contributed by atoms with E-state index < -0.39 is 11.4 Å². The topological polar surface area (TPSA) is 78.1 Å². The molecule has 9 heteroatoms. The Morgan fingerprint density at radius 3 is 1.56 bits per heavy atom. The van der Waals surface area contributed by atoms with Gasteiger partial charge in [-0.1, -0.05) is 184 Å². The summed E-state index contributed by atoms with van der Waals surface area (Å²) >= 11 is 0. The minimum absolute atomic E-state index is 0.280. The predicted octanol–water partition coefficient (Wildman–Crippen LogP) is 8.41. The maximum atomic E-state index is 16.7. The van der Waals surface area contributed by atoms with Crippen molar-refractivity contribution in [3.8, 4) is 0 Å². The second-order valence-electron chi connectivity index (χ2n) is 14.8. The minimum Gasteiger partial charge on any atom is -0.283 e. The molecule has 0 aliphatic rings. The molecule has 6 aromatic carbocycles. The third-order valence-electron chi connectivity index (χ3n) is 10.8. The van der Waals surface area contributed by atoms with E-state index in [-0.39, 0.29) is 11.9 Å². The van der Waals surface area contributed by atoms with Crippen molar-refractivity contribution < 1.29 is 4.79 Å². The summed E-state index contributed by atoms with van der Waals surface area (Å²) in [6, 6.07) is 61.5. The van der Waals surface area contributed by atoms with Crippen LogP contribution in [0.2, 0.25) is 0 Å². The molecule has 6 rings (SSSR count). The maximum Gasteiger partial charge on any atom is 0.308 e. The molecule has 0 aliphatic heterocycles. The summed E-state index contributed by atoms with van der Waals surface area (Å²) in [5, 5.41) is 14.1. The number of nitrogens with one attached hydrogen (secondary N) is 4. The van der Waals surface area contributed by atoms with Crippen LogP contribution in [-0.2, 0) is 23.4 Å². The van der Waals surface area contributed by atoms with E-state index in [1.165, 1.54) is 5.56 Å². The van der Waals surface area contributed by atoms with Gasteiger partial charge in [0.1, 0.15) is 5.66 Å². The molecule has 9 nitrogen and oxygen atoms in total. The quantitative estimate of drug-likeness (QED) is 0.0428. The van der Waals surface area contributed by atoms with Gasteiger partial charge < -0.3 is 0 Å². The molecule has 0 radical (unpaired) electrons. The van der Waals surface area contributed by atoms with Crippen LogP contribution in [0, 0.1) is 0 Å². The van der Waals surface area contributed by atoms with Crippen LogP contribution in [0.4, 0.5) is 5.69 Å². The van der Waals surface area contributed by atoms with Crippen molar-refractivity contribution >= 4 is 11.6 Å². The van der Waals surface area contributed by atoms with Crippen molar-refractivity contribution in [3.63, 3.8) is 0 Å². The highest BCUT2D eigenvalue weighted by Crippen LogP contribution is 2.43. The molecule has 59 heavy (non-hydrogen) atoms. The Kier molecular flexibility index (Phi) is 15.2. The maximum absolute atomic E-state index is 16.7. The van der Waals surface area contributed by atoms with Crippen molar-refractivity contribution in [2.24, 2.45) is 0 Å². The lowest BCUT2D eigenvalue weighted by atomic mass is 9.87. The third kappa shape index (κ3) is 9.97. The fraction of sp³-hybridized carbons (Fsp3) is 0.260. The summed E-state index contributed by atoms with van der Waals surface area (Å²) in [5.74, 6) is -1.92. The smallest absolute Gasteiger partial charge is 0.283 e. The van der Waals surface area contributed by atoms with Crippen molar-refractivity contribution in [1.29, 1.82) is 0 Å².